The van der Waals surface area contributed by atoms with E-state index in [0.717, 1.165) is 5.56 Å². The Balaban J connectivity index is 1.62. The van der Waals surface area contributed by atoms with Crippen molar-refractivity contribution in [3.63, 3.8) is 0 Å². The Kier molecular flexibility index (Phi) is 5.58. The molecule has 0 spiro atoms. The predicted molar refractivity (Wildman–Crippen MR) is 98.4 cm³/mol. The minimum atomic E-state index is -0.305. The zero-order valence-electron chi connectivity index (χ0n) is 13.2. The summed E-state index contributed by atoms with van der Waals surface area (Å²) in [5.41, 5.74) is 0.913. The van der Waals surface area contributed by atoms with Crippen LogP contribution in [0.5, 0.6) is 5.75 Å². The fourth-order valence-corrected chi connectivity index (χ4v) is 2.62. The molecule has 0 bridgehead atoms. The van der Waals surface area contributed by atoms with Crippen molar-refractivity contribution in [1.82, 2.24) is 9.78 Å². The summed E-state index contributed by atoms with van der Waals surface area (Å²) in [6, 6.07) is 16.2. The standard InChI is InChI=1S/C18H15Cl2N3O2/c19-14-6-2-1-5-13(14)11-23-17(9-10-21-23)22-18(24)12-25-16-8-4-3-7-15(16)20/h1-10H,11-12H2,(H,22,24). The number of amides is 1. The molecule has 5 nitrogen and oxygen atoms in total. The van der Waals surface area contributed by atoms with Gasteiger partial charge in [-0.15, -0.1) is 0 Å². The Morgan fingerprint density at radius 2 is 1.76 bits per heavy atom. The first-order chi connectivity index (χ1) is 12.1. The summed E-state index contributed by atoms with van der Waals surface area (Å²) < 4.78 is 7.09. The zero-order valence-corrected chi connectivity index (χ0v) is 14.7. The number of carbonyl (C=O) groups excluding carboxylic acids is 1. The molecular weight excluding hydrogens is 361 g/mol. The van der Waals surface area contributed by atoms with Gasteiger partial charge >= 0.3 is 0 Å². The Labute approximate surface area is 155 Å². The number of rotatable bonds is 6. The number of benzene rings is 2. The molecule has 0 radical (unpaired) electrons. The van der Waals surface area contributed by atoms with Crippen molar-refractivity contribution in [2.45, 2.75) is 6.54 Å². The van der Waals surface area contributed by atoms with E-state index in [9.17, 15) is 4.79 Å². The van der Waals surface area contributed by atoms with Crippen LogP contribution in [0.25, 0.3) is 0 Å². The van der Waals surface area contributed by atoms with Crippen molar-refractivity contribution in [1.29, 1.82) is 0 Å². The van der Waals surface area contributed by atoms with Gasteiger partial charge in [-0.3, -0.25) is 4.79 Å². The first-order valence-electron chi connectivity index (χ1n) is 7.56. The van der Waals surface area contributed by atoms with Gasteiger partial charge in [-0.2, -0.15) is 5.10 Å². The van der Waals surface area contributed by atoms with Crippen LogP contribution < -0.4 is 10.1 Å². The Morgan fingerprint density at radius 3 is 2.52 bits per heavy atom. The molecule has 1 heterocycles. The number of nitrogens with zero attached hydrogens (tertiary/aromatic N) is 2. The molecule has 128 valence electrons. The van der Waals surface area contributed by atoms with Crippen LogP contribution in [0.15, 0.2) is 60.8 Å². The van der Waals surface area contributed by atoms with Gasteiger partial charge in [-0.25, -0.2) is 4.68 Å². The summed E-state index contributed by atoms with van der Waals surface area (Å²) in [5.74, 6) is 0.720. The quantitative estimate of drug-likeness (QED) is 0.700. The molecule has 1 aromatic heterocycles. The van der Waals surface area contributed by atoms with Crippen molar-refractivity contribution in [2.75, 3.05) is 11.9 Å². The number of anilines is 1. The summed E-state index contributed by atoms with van der Waals surface area (Å²) in [5, 5.41) is 8.10. The zero-order chi connectivity index (χ0) is 17.6. The van der Waals surface area contributed by atoms with Crippen LogP contribution in [-0.4, -0.2) is 22.3 Å². The van der Waals surface area contributed by atoms with Crippen LogP contribution in [0.3, 0.4) is 0 Å². The molecule has 3 rings (SSSR count). The van der Waals surface area contributed by atoms with Gasteiger partial charge < -0.3 is 10.1 Å². The van der Waals surface area contributed by atoms with E-state index >= 15 is 0 Å². The lowest BCUT2D eigenvalue weighted by Crippen LogP contribution is -2.22. The first kappa shape index (κ1) is 17.3. The van der Waals surface area contributed by atoms with Crippen molar-refractivity contribution in [2.24, 2.45) is 0 Å². The highest BCUT2D eigenvalue weighted by atomic mass is 35.5. The fraction of sp³-hybridized carbons (Fsp3) is 0.111. The highest BCUT2D eigenvalue weighted by molar-refractivity contribution is 6.32. The monoisotopic (exact) mass is 375 g/mol. The lowest BCUT2D eigenvalue weighted by Gasteiger charge is -2.11. The second-order valence-corrected chi connectivity index (χ2v) is 6.05. The summed E-state index contributed by atoms with van der Waals surface area (Å²) in [4.78, 5) is 12.1. The molecule has 0 aliphatic carbocycles. The van der Waals surface area contributed by atoms with Crippen molar-refractivity contribution < 1.29 is 9.53 Å². The molecule has 25 heavy (non-hydrogen) atoms. The summed E-state index contributed by atoms with van der Waals surface area (Å²) in [7, 11) is 0. The van der Waals surface area contributed by atoms with E-state index in [1.54, 1.807) is 41.2 Å². The Morgan fingerprint density at radius 1 is 1.04 bits per heavy atom. The Bertz CT molecular complexity index is 880. The number of hydrogen-bond acceptors (Lipinski definition) is 3. The molecule has 3 aromatic rings. The van der Waals surface area contributed by atoms with Gasteiger partial charge in [0.25, 0.3) is 5.91 Å². The molecule has 0 saturated carbocycles. The summed E-state index contributed by atoms with van der Waals surface area (Å²) >= 11 is 12.2. The Hall–Kier alpha value is -2.50. The van der Waals surface area contributed by atoms with Gasteiger partial charge in [0.15, 0.2) is 6.61 Å². The van der Waals surface area contributed by atoms with Crippen molar-refractivity contribution in [3.8, 4) is 5.75 Å². The normalized spacial score (nSPS) is 10.5. The number of nitrogens with one attached hydrogen (secondary N) is 1. The van der Waals surface area contributed by atoms with Crippen LogP contribution in [0.1, 0.15) is 5.56 Å². The number of aromatic nitrogens is 2. The smallest absolute Gasteiger partial charge is 0.263 e. The lowest BCUT2D eigenvalue weighted by molar-refractivity contribution is -0.118. The molecule has 0 unspecified atom stereocenters. The number of carbonyl (C=O) groups is 1. The molecule has 0 aliphatic rings. The summed E-state index contributed by atoms with van der Waals surface area (Å²) in [6.07, 6.45) is 1.61. The first-order valence-corrected chi connectivity index (χ1v) is 8.31. The van der Waals surface area contributed by atoms with Gasteiger partial charge in [0.1, 0.15) is 11.6 Å². The van der Waals surface area contributed by atoms with Crippen molar-refractivity contribution >= 4 is 34.9 Å². The second-order valence-electron chi connectivity index (χ2n) is 5.23. The minimum Gasteiger partial charge on any atom is -0.482 e. The molecular formula is C18H15Cl2N3O2. The molecule has 7 heteroatoms. The van der Waals surface area contributed by atoms with E-state index in [4.69, 9.17) is 27.9 Å². The van der Waals surface area contributed by atoms with Crippen LogP contribution in [0, 0.1) is 0 Å². The maximum atomic E-state index is 12.1. The average molecular weight is 376 g/mol. The molecule has 0 atom stereocenters. The second kappa shape index (κ2) is 8.05. The molecule has 0 aliphatic heterocycles. The molecule has 0 fully saturated rings. The number of para-hydroxylation sites is 1. The van der Waals surface area contributed by atoms with Crippen LogP contribution >= 0.6 is 23.2 Å². The van der Waals surface area contributed by atoms with E-state index < -0.39 is 0 Å². The van der Waals surface area contributed by atoms with Crippen molar-refractivity contribution in [3.05, 3.63) is 76.4 Å². The molecule has 1 N–H and O–H groups in total. The van der Waals surface area contributed by atoms with Gasteiger partial charge in [-0.05, 0) is 23.8 Å². The third kappa shape index (κ3) is 4.53. The van der Waals surface area contributed by atoms with E-state index in [2.05, 4.69) is 10.4 Å². The molecule has 0 saturated heterocycles. The van der Waals surface area contributed by atoms with Gasteiger partial charge in [0.2, 0.25) is 0 Å². The molecule has 1 amide bonds. The van der Waals surface area contributed by atoms with Gasteiger partial charge in [-0.1, -0.05) is 53.5 Å². The number of hydrogen-bond donors (Lipinski definition) is 1. The SMILES string of the molecule is O=C(COc1ccccc1Cl)Nc1ccnn1Cc1ccccc1Cl. The predicted octanol–water partition coefficient (Wildman–Crippen LogP) is 4.26. The lowest BCUT2D eigenvalue weighted by atomic mass is 10.2. The third-order valence-electron chi connectivity index (χ3n) is 3.46. The molecule has 2 aromatic carbocycles. The number of halogens is 2. The van der Waals surface area contributed by atoms with Crippen LogP contribution in [0.4, 0.5) is 5.82 Å². The topological polar surface area (TPSA) is 56.1 Å². The van der Waals surface area contributed by atoms with Gasteiger partial charge in [0.05, 0.1) is 17.8 Å². The van der Waals surface area contributed by atoms with E-state index in [1.807, 2.05) is 24.3 Å². The average Bonchev–Trinajstić information content (AvgIpc) is 3.03. The minimum absolute atomic E-state index is 0.152. The van der Waals surface area contributed by atoms with Crippen LogP contribution in [-0.2, 0) is 11.3 Å². The highest BCUT2D eigenvalue weighted by Gasteiger charge is 2.10. The van der Waals surface area contributed by atoms with E-state index in [0.29, 0.717) is 28.2 Å². The van der Waals surface area contributed by atoms with Gasteiger partial charge in [0, 0.05) is 11.1 Å². The summed E-state index contributed by atoms with van der Waals surface area (Å²) in [6.45, 7) is 0.300. The maximum absolute atomic E-state index is 12.1. The van der Waals surface area contributed by atoms with E-state index in [1.165, 1.54) is 0 Å². The maximum Gasteiger partial charge on any atom is 0.263 e. The highest BCUT2D eigenvalue weighted by Crippen LogP contribution is 2.23. The largest absolute Gasteiger partial charge is 0.482 e. The van der Waals surface area contributed by atoms with Crippen LogP contribution in [0.2, 0.25) is 10.0 Å². The van der Waals surface area contributed by atoms with E-state index in [-0.39, 0.29) is 12.5 Å². The number of ether oxygens (including phenoxy) is 1. The fourth-order valence-electron chi connectivity index (χ4n) is 2.24. The third-order valence-corrected chi connectivity index (χ3v) is 4.14.